The molecule has 1 aliphatic rings. The van der Waals surface area contributed by atoms with E-state index < -0.39 is 10.0 Å². The first-order valence-electron chi connectivity index (χ1n) is 4.26. The van der Waals surface area contributed by atoms with Crippen molar-refractivity contribution < 1.29 is 8.42 Å². The monoisotopic (exact) mass is 189 g/mol. The summed E-state index contributed by atoms with van der Waals surface area (Å²) in [5.41, 5.74) is 0. The van der Waals surface area contributed by atoms with Crippen LogP contribution in [-0.4, -0.2) is 20.2 Å². The Hall–Kier alpha value is -0.350. The largest absolute Gasteiger partial charge is 0.215 e. The summed E-state index contributed by atoms with van der Waals surface area (Å²) in [5, 5.41) is -0.0961. The molecule has 1 rings (SSSR count). The van der Waals surface area contributed by atoms with Crippen molar-refractivity contribution in [3.05, 3.63) is 12.7 Å². The zero-order chi connectivity index (χ0) is 9.03. The smallest absolute Gasteiger partial charge is 0.214 e. The third kappa shape index (κ3) is 2.95. The highest BCUT2D eigenvalue weighted by atomic mass is 32.2. The first-order valence-corrected chi connectivity index (χ1v) is 5.81. The number of unbranched alkanes of at least 4 members (excludes halogenated alkanes) is 1. The zero-order valence-corrected chi connectivity index (χ0v) is 7.94. The predicted octanol–water partition coefficient (Wildman–Crippen LogP) is 1.03. The van der Waals surface area contributed by atoms with Crippen LogP contribution in [0.4, 0.5) is 0 Å². The quantitative estimate of drug-likeness (QED) is 0.501. The minimum Gasteiger partial charge on any atom is -0.215 e. The standard InChI is InChI=1S/C8H15NO2S/c1-2-3-4-7-9-12(10,11)8-5-6-8/h2,8-9H,1,3-7H2. The van der Waals surface area contributed by atoms with E-state index in [9.17, 15) is 8.42 Å². The van der Waals surface area contributed by atoms with E-state index in [1.165, 1.54) is 0 Å². The lowest BCUT2D eigenvalue weighted by Crippen LogP contribution is -2.27. The maximum absolute atomic E-state index is 11.2. The second-order valence-electron chi connectivity index (χ2n) is 3.07. The number of sulfonamides is 1. The molecular formula is C8H15NO2S. The highest BCUT2D eigenvalue weighted by molar-refractivity contribution is 7.90. The van der Waals surface area contributed by atoms with Crippen molar-refractivity contribution in [1.82, 2.24) is 4.72 Å². The second-order valence-corrected chi connectivity index (χ2v) is 5.11. The van der Waals surface area contributed by atoms with Gasteiger partial charge in [-0.25, -0.2) is 13.1 Å². The normalized spacial score (nSPS) is 17.7. The van der Waals surface area contributed by atoms with Crippen LogP contribution in [0.5, 0.6) is 0 Å². The summed E-state index contributed by atoms with van der Waals surface area (Å²) < 4.78 is 25.0. The van der Waals surface area contributed by atoms with E-state index in [0.29, 0.717) is 6.54 Å². The van der Waals surface area contributed by atoms with Crippen LogP contribution in [0.15, 0.2) is 12.7 Å². The van der Waals surface area contributed by atoms with Gasteiger partial charge in [0.15, 0.2) is 0 Å². The van der Waals surface area contributed by atoms with Gasteiger partial charge in [-0.15, -0.1) is 6.58 Å². The van der Waals surface area contributed by atoms with Crippen LogP contribution in [0.25, 0.3) is 0 Å². The molecular weight excluding hydrogens is 174 g/mol. The number of allylic oxidation sites excluding steroid dienone is 1. The highest BCUT2D eigenvalue weighted by Crippen LogP contribution is 2.27. The Morgan fingerprint density at radius 2 is 2.17 bits per heavy atom. The van der Waals surface area contributed by atoms with E-state index in [2.05, 4.69) is 11.3 Å². The van der Waals surface area contributed by atoms with Crippen molar-refractivity contribution in [2.24, 2.45) is 0 Å². The van der Waals surface area contributed by atoms with E-state index in [0.717, 1.165) is 25.7 Å². The maximum Gasteiger partial charge on any atom is 0.214 e. The summed E-state index contributed by atoms with van der Waals surface area (Å²) in [7, 11) is -2.95. The van der Waals surface area contributed by atoms with Gasteiger partial charge in [0.1, 0.15) is 0 Å². The minimum atomic E-state index is -2.95. The Morgan fingerprint density at radius 3 is 2.67 bits per heavy atom. The minimum absolute atomic E-state index is 0.0961. The van der Waals surface area contributed by atoms with Gasteiger partial charge < -0.3 is 0 Å². The maximum atomic E-state index is 11.2. The van der Waals surface area contributed by atoms with E-state index in [4.69, 9.17) is 0 Å². The fourth-order valence-electron chi connectivity index (χ4n) is 0.957. The van der Waals surface area contributed by atoms with E-state index in [1.807, 2.05) is 0 Å². The fraction of sp³-hybridized carbons (Fsp3) is 0.750. The lowest BCUT2D eigenvalue weighted by Gasteiger charge is -2.02. The first-order chi connectivity index (χ1) is 5.67. The summed E-state index contributed by atoms with van der Waals surface area (Å²) in [6.45, 7) is 4.11. The SMILES string of the molecule is C=CCCCNS(=O)(=O)C1CC1. The average molecular weight is 189 g/mol. The molecule has 12 heavy (non-hydrogen) atoms. The molecule has 0 spiro atoms. The molecule has 0 atom stereocenters. The third-order valence-electron chi connectivity index (χ3n) is 1.85. The van der Waals surface area contributed by atoms with Gasteiger partial charge in [0.25, 0.3) is 0 Å². The van der Waals surface area contributed by atoms with Gasteiger partial charge in [0, 0.05) is 6.54 Å². The van der Waals surface area contributed by atoms with Crippen LogP contribution in [-0.2, 0) is 10.0 Å². The predicted molar refractivity (Wildman–Crippen MR) is 49.4 cm³/mol. The van der Waals surface area contributed by atoms with Gasteiger partial charge in [-0.3, -0.25) is 0 Å². The molecule has 1 aliphatic carbocycles. The van der Waals surface area contributed by atoms with Gasteiger partial charge in [-0.1, -0.05) is 6.08 Å². The Labute approximate surface area is 73.9 Å². The molecule has 0 radical (unpaired) electrons. The van der Waals surface area contributed by atoms with E-state index in [-0.39, 0.29) is 5.25 Å². The molecule has 70 valence electrons. The molecule has 0 aromatic carbocycles. The van der Waals surface area contributed by atoms with Crippen LogP contribution >= 0.6 is 0 Å². The molecule has 1 fully saturated rings. The Morgan fingerprint density at radius 1 is 1.50 bits per heavy atom. The van der Waals surface area contributed by atoms with Gasteiger partial charge >= 0.3 is 0 Å². The van der Waals surface area contributed by atoms with Gasteiger partial charge in [-0.2, -0.15) is 0 Å². The summed E-state index contributed by atoms with van der Waals surface area (Å²) in [5.74, 6) is 0. The van der Waals surface area contributed by atoms with E-state index >= 15 is 0 Å². The van der Waals surface area contributed by atoms with Crippen molar-refractivity contribution in [3.8, 4) is 0 Å². The lowest BCUT2D eigenvalue weighted by atomic mass is 10.3. The van der Waals surface area contributed by atoms with Crippen molar-refractivity contribution in [2.75, 3.05) is 6.54 Å². The van der Waals surface area contributed by atoms with Crippen molar-refractivity contribution >= 4 is 10.0 Å². The Balaban J connectivity index is 2.17. The van der Waals surface area contributed by atoms with Gasteiger partial charge in [-0.05, 0) is 25.7 Å². The number of rotatable bonds is 6. The van der Waals surface area contributed by atoms with E-state index in [1.54, 1.807) is 6.08 Å². The van der Waals surface area contributed by atoms with Crippen LogP contribution in [0.2, 0.25) is 0 Å². The molecule has 1 saturated carbocycles. The van der Waals surface area contributed by atoms with Gasteiger partial charge in [0.2, 0.25) is 10.0 Å². The van der Waals surface area contributed by atoms with Gasteiger partial charge in [0.05, 0.1) is 5.25 Å². The third-order valence-corrected chi connectivity index (χ3v) is 3.81. The summed E-state index contributed by atoms with van der Waals surface area (Å²) in [4.78, 5) is 0. The highest BCUT2D eigenvalue weighted by Gasteiger charge is 2.34. The molecule has 0 bridgehead atoms. The number of nitrogens with one attached hydrogen (secondary N) is 1. The summed E-state index contributed by atoms with van der Waals surface area (Å²) >= 11 is 0. The number of hydrogen-bond donors (Lipinski definition) is 1. The lowest BCUT2D eigenvalue weighted by molar-refractivity contribution is 0.578. The van der Waals surface area contributed by atoms with Crippen LogP contribution in [0, 0.1) is 0 Å². The van der Waals surface area contributed by atoms with Crippen LogP contribution in [0.1, 0.15) is 25.7 Å². The topological polar surface area (TPSA) is 46.2 Å². The number of hydrogen-bond acceptors (Lipinski definition) is 2. The van der Waals surface area contributed by atoms with Crippen molar-refractivity contribution in [2.45, 2.75) is 30.9 Å². The second kappa shape index (κ2) is 4.05. The molecule has 0 saturated heterocycles. The molecule has 0 amide bonds. The molecule has 0 aromatic rings. The summed E-state index contributed by atoms with van der Waals surface area (Å²) in [6, 6.07) is 0. The Bertz CT molecular complexity index is 242. The van der Waals surface area contributed by atoms with Crippen LogP contribution < -0.4 is 4.72 Å². The average Bonchev–Trinajstić information content (AvgIpc) is 2.80. The van der Waals surface area contributed by atoms with Crippen molar-refractivity contribution in [3.63, 3.8) is 0 Å². The fourth-order valence-corrected chi connectivity index (χ4v) is 2.38. The molecule has 3 nitrogen and oxygen atoms in total. The Kier molecular flexibility index (Phi) is 3.29. The summed E-state index contributed by atoms with van der Waals surface area (Å²) in [6.07, 6.45) is 5.17. The molecule has 1 N–H and O–H groups in total. The molecule has 0 aromatic heterocycles. The molecule has 0 aliphatic heterocycles. The molecule has 0 unspecified atom stereocenters. The molecule has 0 heterocycles. The zero-order valence-electron chi connectivity index (χ0n) is 7.12. The van der Waals surface area contributed by atoms with Crippen LogP contribution in [0.3, 0.4) is 0 Å². The molecule has 4 heteroatoms. The first kappa shape index (κ1) is 9.74. The van der Waals surface area contributed by atoms with Crippen molar-refractivity contribution in [1.29, 1.82) is 0 Å².